The van der Waals surface area contributed by atoms with E-state index in [0.29, 0.717) is 0 Å². The quantitative estimate of drug-likeness (QED) is 0.496. The number of hydroxylamine groups is 1. The Balaban J connectivity index is 1.64. The summed E-state index contributed by atoms with van der Waals surface area (Å²) in [7, 11) is 0. The molecule has 2 amide bonds. The lowest BCUT2D eigenvalue weighted by Crippen LogP contribution is -2.50. The van der Waals surface area contributed by atoms with Crippen LogP contribution in [-0.4, -0.2) is 54.5 Å². The molecule has 0 spiro atoms. The molecule has 1 aliphatic rings. The van der Waals surface area contributed by atoms with Gasteiger partial charge in [-0.1, -0.05) is 48.5 Å². The minimum atomic E-state index is -1.25. The first-order chi connectivity index (χ1) is 15.7. The number of nitrogens with one attached hydrogen (secondary N) is 2. The van der Waals surface area contributed by atoms with Gasteiger partial charge in [0.2, 0.25) is 0 Å². The van der Waals surface area contributed by atoms with Gasteiger partial charge in [-0.25, -0.2) is 15.1 Å². The standard InChI is InChI=1S/C24H28N2O7/c1-24(2,3)32-13-20(22(29)26-33-14-21(27)28)25-23(30)31-12-19-17-10-6-4-8-15(17)16-9-5-7-11-18(16)19/h4-11,19-20H,12-14H2,1-3H3,(H,25,30)(H,26,29)(H,27,28)/t20-/m0/s1. The number of alkyl carbamates (subject to hydrolysis) is 1. The Bertz CT molecular complexity index is 970. The van der Waals surface area contributed by atoms with Gasteiger partial charge in [0.1, 0.15) is 12.6 Å². The van der Waals surface area contributed by atoms with Crippen LogP contribution in [0.25, 0.3) is 11.1 Å². The lowest BCUT2D eigenvalue weighted by Gasteiger charge is -2.24. The van der Waals surface area contributed by atoms with E-state index in [1.807, 2.05) is 54.0 Å². The summed E-state index contributed by atoms with van der Waals surface area (Å²) in [6.45, 7) is 4.62. The van der Waals surface area contributed by atoms with Crippen molar-refractivity contribution in [3.8, 4) is 11.1 Å². The minimum Gasteiger partial charge on any atom is -0.479 e. The molecular weight excluding hydrogens is 428 g/mol. The van der Waals surface area contributed by atoms with E-state index in [-0.39, 0.29) is 19.1 Å². The number of hydrogen-bond acceptors (Lipinski definition) is 6. The largest absolute Gasteiger partial charge is 0.479 e. The number of carboxylic acid groups (broad SMARTS) is 1. The molecule has 0 saturated carbocycles. The molecule has 0 heterocycles. The maximum absolute atomic E-state index is 12.5. The summed E-state index contributed by atoms with van der Waals surface area (Å²) < 4.78 is 11.1. The Morgan fingerprint density at radius 3 is 2.12 bits per heavy atom. The average molecular weight is 456 g/mol. The van der Waals surface area contributed by atoms with Gasteiger partial charge >= 0.3 is 12.1 Å². The normalized spacial score (nSPS) is 13.5. The first-order valence-electron chi connectivity index (χ1n) is 10.5. The molecular formula is C24H28N2O7. The van der Waals surface area contributed by atoms with Crippen molar-refractivity contribution in [2.24, 2.45) is 0 Å². The fourth-order valence-electron chi connectivity index (χ4n) is 3.54. The highest BCUT2D eigenvalue weighted by Crippen LogP contribution is 2.44. The molecule has 1 aliphatic carbocycles. The SMILES string of the molecule is CC(C)(C)OC[C@H](NC(=O)OCC1c2ccccc2-c2ccccc21)C(=O)NOCC(=O)O. The molecule has 0 bridgehead atoms. The number of ether oxygens (including phenoxy) is 2. The summed E-state index contributed by atoms with van der Waals surface area (Å²) in [5.41, 5.74) is 5.79. The van der Waals surface area contributed by atoms with E-state index in [1.165, 1.54) is 0 Å². The smallest absolute Gasteiger partial charge is 0.407 e. The van der Waals surface area contributed by atoms with Crippen molar-refractivity contribution >= 4 is 18.0 Å². The van der Waals surface area contributed by atoms with E-state index in [2.05, 4.69) is 10.2 Å². The van der Waals surface area contributed by atoms with Gasteiger partial charge in [-0.05, 0) is 43.0 Å². The van der Waals surface area contributed by atoms with Gasteiger partial charge in [0.05, 0.1) is 12.2 Å². The fraction of sp³-hybridized carbons (Fsp3) is 0.375. The Morgan fingerprint density at radius 1 is 1.00 bits per heavy atom. The van der Waals surface area contributed by atoms with Crippen LogP contribution in [0.3, 0.4) is 0 Å². The van der Waals surface area contributed by atoms with Crippen LogP contribution in [-0.2, 0) is 23.9 Å². The van der Waals surface area contributed by atoms with Crippen LogP contribution in [0, 0.1) is 0 Å². The topological polar surface area (TPSA) is 123 Å². The Morgan fingerprint density at radius 2 is 1.58 bits per heavy atom. The Labute approximate surface area is 192 Å². The van der Waals surface area contributed by atoms with Crippen molar-refractivity contribution in [2.75, 3.05) is 19.8 Å². The molecule has 0 saturated heterocycles. The highest BCUT2D eigenvalue weighted by molar-refractivity contribution is 5.85. The predicted molar refractivity (Wildman–Crippen MR) is 119 cm³/mol. The van der Waals surface area contributed by atoms with Gasteiger partial charge < -0.3 is 19.9 Å². The molecule has 2 aromatic carbocycles. The van der Waals surface area contributed by atoms with Crippen LogP contribution in [0.15, 0.2) is 48.5 Å². The van der Waals surface area contributed by atoms with Gasteiger partial charge in [0, 0.05) is 5.92 Å². The van der Waals surface area contributed by atoms with Gasteiger partial charge in [0.25, 0.3) is 5.91 Å². The number of rotatable bonds is 9. The second kappa shape index (κ2) is 10.5. The van der Waals surface area contributed by atoms with E-state index >= 15 is 0 Å². The van der Waals surface area contributed by atoms with E-state index in [4.69, 9.17) is 14.6 Å². The molecule has 176 valence electrons. The average Bonchev–Trinajstić information content (AvgIpc) is 3.08. The lowest BCUT2D eigenvalue weighted by molar-refractivity contribution is -0.150. The number of hydrogen-bond donors (Lipinski definition) is 3. The summed E-state index contributed by atoms with van der Waals surface area (Å²) in [5.74, 6) is -2.13. The lowest BCUT2D eigenvalue weighted by atomic mass is 9.98. The van der Waals surface area contributed by atoms with Crippen LogP contribution in [0.5, 0.6) is 0 Å². The monoisotopic (exact) mass is 456 g/mol. The Kier molecular flexibility index (Phi) is 7.67. The first-order valence-corrected chi connectivity index (χ1v) is 10.5. The molecule has 9 nitrogen and oxygen atoms in total. The van der Waals surface area contributed by atoms with Gasteiger partial charge in [-0.3, -0.25) is 9.63 Å². The van der Waals surface area contributed by atoms with Crippen LogP contribution in [0.1, 0.15) is 37.8 Å². The number of carbonyl (C=O) groups excluding carboxylic acids is 2. The van der Waals surface area contributed by atoms with Crippen molar-refractivity contribution in [2.45, 2.75) is 38.3 Å². The van der Waals surface area contributed by atoms with Crippen molar-refractivity contribution in [3.05, 3.63) is 59.7 Å². The third-order valence-electron chi connectivity index (χ3n) is 5.00. The number of amides is 2. The highest BCUT2D eigenvalue weighted by atomic mass is 16.7. The number of benzene rings is 2. The number of fused-ring (bicyclic) bond motifs is 3. The van der Waals surface area contributed by atoms with E-state index < -0.39 is 36.2 Å². The number of carbonyl (C=O) groups is 3. The summed E-state index contributed by atoms with van der Waals surface area (Å²) in [6.07, 6.45) is -0.798. The maximum Gasteiger partial charge on any atom is 0.407 e. The van der Waals surface area contributed by atoms with Crippen LogP contribution in [0.2, 0.25) is 0 Å². The molecule has 3 N–H and O–H groups in total. The van der Waals surface area contributed by atoms with Gasteiger partial charge in [0.15, 0.2) is 6.61 Å². The summed E-state index contributed by atoms with van der Waals surface area (Å²) in [4.78, 5) is 40.1. The van der Waals surface area contributed by atoms with Crippen LogP contribution >= 0.6 is 0 Å². The molecule has 0 aliphatic heterocycles. The molecule has 9 heteroatoms. The second-order valence-corrected chi connectivity index (χ2v) is 8.59. The van der Waals surface area contributed by atoms with Crippen molar-refractivity contribution in [1.29, 1.82) is 0 Å². The number of carboxylic acids is 1. The summed E-state index contributed by atoms with van der Waals surface area (Å²) >= 11 is 0. The zero-order valence-electron chi connectivity index (χ0n) is 18.8. The highest BCUT2D eigenvalue weighted by Gasteiger charge is 2.30. The molecule has 2 aromatic rings. The Hall–Kier alpha value is -3.43. The van der Waals surface area contributed by atoms with Crippen LogP contribution < -0.4 is 10.8 Å². The first kappa shape index (κ1) is 24.2. The zero-order chi connectivity index (χ0) is 24.0. The molecule has 0 aromatic heterocycles. The van der Waals surface area contributed by atoms with Gasteiger partial charge in [-0.2, -0.15) is 0 Å². The molecule has 3 rings (SSSR count). The third-order valence-corrected chi connectivity index (χ3v) is 5.00. The van der Waals surface area contributed by atoms with E-state index in [0.717, 1.165) is 22.3 Å². The predicted octanol–water partition coefficient (Wildman–Crippen LogP) is 2.84. The number of aliphatic carboxylic acids is 1. The third kappa shape index (κ3) is 6.53. The molecule has 0 unspecified atom stereocenters. The van der Waals surface area contributed by atoms with Crippen molar-refractivity contribution in [1.82, 2.24) is 10.8 Å². The maximum atomic E-state index is 12.5. The fourth-order valence-corrected chi connectivity index (χ4v) is 3.54. The molecule has 1 atom stereocenters. The molecule has 0 radical (unpaired) electrons. The van der Waals surface area contributed by atoms with Crippen molar-refractivity contribution < 1.29 is 33.8 Å². The molecule has 33 heavy (non-hydrogen) atoms. The summed E-state index contributed by atoms with van der Waals surface area (Å²) in [5, 5.41) is 11.1. The second-order valence-electron chi connectivity index (χ2n) is 8.59. The van der Waals surface area contributed by atoms with Crippen molar-refractivity contribution in [3.63, 3.8) is 0 Å². The van der Waals surface area contributed by atoms with E-state index in [9.17, 15) is 14.4 Å². The molecule has 0 fully saturated rings. The zero-order valence-corrected chi connectivity index (χ0v) is 18.8. The minimum absolute atomic E-state index is 0.0871. The van der Waals surface area contributed by atoms with Gasteiger partial charge in [-0.15, -0.1) is 0 Å². The van der Waals surface area contributed by atoms with Crippen LogP contribution in [0.4, 0.5) is 4.79 Å². The summed E-state index contributed by atoms with van der Waals surface area (Å²) in [6, 6.07) is 14.8. The van der Waals surface area contributed by atoms with E-state index in [1.54, 1.807) is 20.8 Å².